The van der Waals surface area contributed by atoms with Gasteiger partial charge in [0, 0.05) is 32.2 Å². The molecular weight excluding hydrogens is 332 g/mol. The van der Waals surface area contributed by atoms with Crippen LogP contribution in [0.25, 0.3) is 0 Å². The first-order chi connectivity index (χ1) is 11.6. The first-order valence-corrected chi connectivity index (χ1v) is 7.73. The van der Waals surface area contributed by atoms with Crippen LogP contribution in [0, 0.1) is 10.1 Å². The van der Waals surface area contributed by atoms with Crippen LogP contribution >= 0.6 is 0 Å². The normalized spacial score (nSPS) is 15.0. The van der Waals surface area contributed by atoms with Crippen molar-refractivity contribution in [1.29, 1.82) is 0 Å². The third-order valence-electron chi connectivity index (χ3n) is 3.55. The van der Waals surface area contributed by atoms with Crippen LogP contribution in [-0.4, -0.2) is 63.5 Å². The second kappa shape index (κ2) is 6.91. The number of pyridine rings is 1. The highest BCUT2D eigenvalue weighted by atomic mass is 16.6. The standard InChI is InChI=1S/C15H20N4O6/c1-15(2,3)25-14(22)18-6-4-17(5-7-18)13(21)11-8-10(19(23)24)9-16-12(11)20/h8-9H,4-7H2,1-3H3,(H,16,20). The Kier molecular flexibility index (Phi) is 5.10. The summed E-state index contributed by atoms with van der Waals surface area (Å²) in [6, 6.07) is 0.960. The molecular formula is C15H20N4O6. The first-order valence-electron chi connectivity index (χ1n) is 7.73. The maximum atomic E-state index is 12.4. The van der Waals surface area contributed by atoms with E-state index >= 15 is 0 Å². The van der Waals surface area contributed by atoms with Crippen molar-refractivity contribution < 1.29 is 19.2 Å². The van der Waals surface area contributed by atoms with E-state index in [0.717, 1.165) is 12.3 Å². The van der Waals surface area contributed by atoms with Crippen molar-refractivity contribution in [3.8, 4) is 0 Å². The van der Waals surface area contributed by atoms with Gasteiger partial charge in [-0.1, -0.05) is 0 Å². The van der Waals surface area contributed by atoms with Crippen LogP contribution in [-0.2, 0) is 4.74 Å². The molecule has 0 aromatic carbocycles. The van der Waals surface area contributed by atoms with E-state index in [1.165, 1.54) is 9.80 Å². The topological polar surface area (TPSA) is 126 Å². The average Bonchev–Trinajstić information content (AvgIpc) is 2.53. The second-order valence-corrected chi connectivity index (χ2v) is 6.62. The van der Waals surface area contributed by atoms with Gasteiger partial charge in [0.25, 0.3) is 17.2 Å². The van der Waals surface area contributed by atoms with E-state index in [2.05, 4.69) is 4.98 Å². The number of H-pyrrole nitrogens is 1. The monoisotopic (exact) mass is 352 g/mol. The Morgan fingerprint density at radius 2 is 1.76 bits per heavy atom. The molecule has 0 atom stereocenters. The van der Waals surface area contributed by atoms with E-state index in [-0.39, 0.29) is 37.4 Å². The molecule has 136 valence electrons. The van der Waals surface area contributed by atoms with Crippen LogP contribution in [0.15, 0.2) is 17.1 Å². The zero-order valence-corrected chi connectivity index (χ0v) is 14.3. The van der Waals surface area contributed by atoms with Crippen LogP contribution in [0.4, 0.5) is 10.5 Å². The number of carbonyl (C=O) groups excluding carboxylic acids is 2. The fourth-order valence-electron chi connectivity index (χ4n) is 2.33. The zero-order valence-electron chi connectivity index (χ0n) is 14.3. The summed E-state index contributed by atoms with van der Waals surface area (Å²) in [5, 5.41) is 10.8. The molecule has 1 N–H and O–H groups in total. The molecule has 2 rings (SSSR count). The van der Waals surface area contributed by atoms with Gasteiger partial charge in [0.15, 0.2) is 0 Å². The molecule has 25 heavy (non-hydrogen) atoms. The van der Waals surface area contributed by atoms with Crippen LogP contribution in [0.5, 0.6) is 0 Å². The number of hydrogen-bond acceptors (Lipinski definition) is 6. The molecule has 1 aliphatic heterocycles. The molecule has 0 spiro atoms. The average molecular weight is 352 g/mol. The Hall–Kier alpha value is -2.91. The highest BCUT2D eigenvalue weighted by molar-refractivity contribution is 5.94. The van der Waals surface area contributed by atoms with Crippen molar-refractivity contribution in [3.63, 3.8) is 0 Å². The van der Waals surface area contributed by atoms with Gasteiger partial charge in [-0.2, -0.15) is 0 Å². The van der Waals surface area contributed by atoms with Crippen molar-refractivity contribution in [2.45, 2.75) is 26.4 Å². The van der Waals surface area contributed by atoms with Gasteiger partial charge < -0.3 is 19.5 Å². The van der Waals surface area contributed by atoms with Gasteiger partial charge in [0.1, 0.15) is 11.2 Å². The minimum absolute atomic E-state index is 0.209. The van der Waals surface area contributed by atoms with Crippen molar-refractivity contribution in [2.75, 3.05) is 26.2 Å². The Labute approximate surface area is 143 Å². The van der Waals surface area contributed by atoms with Gasteiger partial charge in [-0.25, -0.2) is 4.79 Å². The molecule has 2 heterocycles. The number of nitrogens with zero attached hydrogens (tertiary/aromatic N) is 3. The van der Waals surface area contributed by atoms with E-state index in [1.807, 2.05) is 0 Å². The molecule has 2 amide bonds. The Morgan fingerprint density at radius 1 is 1.20 bits per heavy atom. The number of amides is 2. The van der Waals surface area contributed by atoms with Gasteiger partial charge in [-0.3, -0.25) is 19.7 Å². The lowest BCUT2D eigenvalue weighted by molar-refractivity contribution is -0.385. The molecule has 1 fully saturated rings. The number of rotatable bonds is 2. The predicted octanol–water partition coefficient (Wildman–Crippen LogP) is 0.976. The summed E-state index contributed by atoms with van der Waals surface area (Å²) in [5.41, 5.74) is -1.96. The molecule has 0 aliphatic carbocycles. The molecule has 0 radical (unpaired) electrons. The molecule has 10 nitrogen and oxygen atoms in total. The Bertz CT molecular complexity index is 743. The molecule has 0 unspecified atom stereocenters. The quantitative estimate of drug-likeness (QED) is 0.624. The minimum atomic E-state index is -0.690. The van der Waals surface area contributed by atoms with Crippen molar-refractivity contribution in [3.05, 3.63) is 38.3 Å². The summed E-state index contributed by atoms with van der Waals surface area (Å²) in [7, 11) is 0. The molecule has 1 aromatic heterocycles. The predicted molar refractivity (Wildman–Crippen MR) is 87.4 cm³/mol. The molecule has 0 bridgehead atoms. The molecule has 1 aliphatic rings. The van der Waals surface area contributed by atoms with Crippen LogP contribution in [0.2, 0.25) is 0 Å². The van der Waals surface area contributed by atoms with Crippen molar-refractivity contribution in [2.24, 2.45) is 0 Å². The highest BCUT2D eigenvalue weighted by Crippen LogP contribution is 2.14. The summed E-state index contributed by atoms with van der Waals surface area (Å²) in [6.45, 7) is 6.22. The summed E-state index contributed by atoms with van der Waals surface area (Å²) >= 11 is 0. The molecule has 10 heteroatoms. The Balaban J connectivity index is 2.05. The zero-order chi connectivity index (χ0) is 18.8. The lowest BCUT2D eigenvalue weighted by atomic mass is 10.2. The van der Waals surface area contributed by atoms with E-state index in [4.69, 9.17) is 4.74 Å². The van der Waals surface area contributed by atoms with Gasteiger partial charge in [-0.05, 0) is 20.8 Å². The van der Waals surface area contributed by atoms with E-state index < -0.39 is 28.1 Å². The number of carbonyl (C=O) groups is 2. The van der Waals surface area contributed by atoms with Gasteiger partial charge in [0.2, 0.25) is 0 Å². The van der Waals surface area contributed by atoms with Crippen LogP contribution < -0.4 is 5.56 Å². The number of aromatic amines is 1. The Morgan fingerprint density at radius 3 is 2.28 bits per heavy atom. The fraction of sp³-hybridized carbons (Fsp3) is 0.533. The maximum absolute atomic E-state index is 12.4. The second-order valence-electron chi connectivity index (χ2n) is 6.62. The number of nitro groups is 1. The van der Waals surface area contributed by atoms with E-state index in [1.54, 1.807) is 20.8 Å². The third-order valence-corrected chi connectivity index (χ3v) is 3.55. The highest BCUT2D eigenvalue weighted by Gasteiger charge is 2.29. The van der Waals surface area contributed by atoms with Crippen molar-refractivity contribution >= 4 is 17.7 Å². The third kappa shape index (κ3) is 4.55. The molecule has 1 saturated heterocycles. The SMILES string of the molecule is CC(C)(C)OC(=O)N1CCN(C(=O)c2cc([N+](=O)[O-])c[nH]c2=O)CC1. The van der Waals surface area contributed by atoms with Crippen molar-refractivity contribution in [1.82, 2.24) is 14.8 Å². The van der Waals surface area contributed by atoms with Crippen LogP contribution in [0.1, 0.15) is 31.1 Å². The fourth-order valence-corrected chi connectivity index (χ4v) is 2.33. The van der Waals surface area contributed by atoms with Gasteiger partial charge in [-0.15, -0.1) is 0 Å². The summed E-state index contributed by atoms with van der Waals surface area (Å²) < 4.78 is 5.27. The van der Waals surface area contributed by atoms with E-state index in [0.29, 0.717) is 0 Å². The molecule has 1 aromatic rings. The largest absolute Gasteiger partial charge is 0.444 e. The lowest BCUT2D eigenvalue weighted by Gasteiger charge is -2.35. The minimum Gasteiger partial charge on any atom is -0.444 e. The van der Waals surface area contributed by atoms with Gasteiger partial charge in [0.05, 0.1) is 11.1 Å². The smallest absolute Gasteiger partial charge is 0.410 e. The number of ether oxygens (including phenoxy) is 1. The summed E-state index contributed by atoms with van der Waals surface area (Å²) in [6.07, 6.45) is 0.479. The number of aromatic nitrogens is 1. The van der Waals surface area contributed by atoms with E-state index in [9.17, 15) is 24.5 Å². The summed E-state index contributed by atoms with van der Waals surface area (Å²) in [5.74, 6) is -0.603. The maximum Gasteiger partial charge on any atom is 0.410 e. The van der Waals surface area contributed by atoms with Crippen LogP contribution in [0.3, 0.4) is 0 Å². The molecule has 0 saturated carbocycles. The summed E-state index contributed by atoms with van der Waals surface area (Å²) in [4.78, 5) is 51.4. The lowest BCUT2D eigenvalue weighted by Crippen LogP contribution is -2.52. The number of hydrogen-bond donors (Lipinski definition) is 1. The van der Waals surface area contributed by atoms with Gasteiger partial charge >= 0.3 is 6.09 Å². The first kappa shape index (κ1) is 18.4. The number of nitrogens with one attached hydrogen (secondary N) is 1. The number of piperazine rings is 1.